The maximum absolute atomic E-state index is 13.9. The van der Waals surface area contributed by atoms with E-state index in [1.54, 1.807) is 6.07 Å². The molecule has 0 unspecified atom stereocenters. The Hall–Kier alpha value is -2.20. The number of aryl methyl sites for hydroxylation is 1. The lowest BCUT2D eigenvalue weighted by Gasteiger charge is -2.41. The number of carbonyl (C=O) groups excluding carboxylic acids is 1. The molecular formula is C20H20FNO2. The van der Waals surface area contributed by atoms with E-state index in [0.717, 1.165) is 36.0 Å². The zero-order valence-electron chi connectivity index (χ0n) is 13.4. The highest BCUT2D eigenvalue weighted by Gasteiger charge is 2.48. The molecule has 24 heavy (non-hydrogen) atoms. The van der Waals surface area contributed by atoms with Crippen molar-refractivity contribution in [2.45, 2.75) is 37.3 Å². The number of halogens is 1. The highest BCUT2D eigenvalue weighted by Crippen LogP contribution is 2.40. The molecule has 0 radical (unpaired) electrons. The normalized spacial score (nSPS) is 26.5. The summed E-state index contributed by atoms with van der Waals surface area (Å²) in [5.41, 5.74) is 1.90. The largest absolute Gasteiger partial charge is 0.462 e. The number of cyclic esters (lactones) is 1. The second kappa shape index (κ2) is 6.02. The van der Waals surface area contributed by atoms with E-state index < -0.39 is 5.54 Å². The van der Waals surface area contributed by atoms with E-state index in [9.17, 15) is 9.18 Å². The van der Waals surface area contributed by atoms with Gasteiger partial charge in [0.05, 0.1) is 6.04 Å². The van der Waals surface area contributed by atoms with Gasteiger partial charge in [-0.2, -0.15) is 0 Å². The van der Waals surface area contributed by atoms with Crippen molar-refractivity contribution in [3.05, 3.63) is 71.0 Å². The Morgan fingerprint density at radius 3 is 2.79 bits per heavy atom. The molecule has 1 aliphatic heterocycles. The molecule has 4 rings (SSSR count). The molecule has 0 amide bonds. The average molecular weight is 325 g/mol. The zero-order valence-corrected chi connectivity index (χ0v) is 13.4. The van der Waals surface area contributed by atoms with E-state index in [-0.39, 0.29) is 17.8 Å². The van der Waals surface area contributed by atoms with Gasteiger partial charge in [0.1, 0.15) is 18.0 Å². The lowest BCUT2D eigenvalue weighted by Crippen LogP contribution is -2.56. The van der Waals surface area contributed by atoms with Crippen LogP contribution in [-0.4, -0.2) is 12.6 Å². The molecule has 3 nitrogen and oxygen atoms in total. The van der Waals surface area contributed by atoms with Gasteiger partial charge in [-0.05, 0) is 48.1 Å². The summed E-state index contributed by atoms with van der Waals surface area (Å²) in [7, 11) is 0. The van der Waals surface area contributed by atoms with Crippen molar-refractivity contribution >= 4 is 5.97 Å². The molecule has 1 saturated heterocycles. The lowest BCUT2D eigenvalue weighted by atomic mass is 9.82. The third-order valence-electron chi connectivity index (χ3n) is 5.13. The quantitative estimate of drug-likeness (QED) is 0.814. The number of fused-ring (bicyclic) bond motifs is 2. The van der Waals surface area contributed by atoms with E-state index in [1.165, 1.54) is 12.1 Å². The number of esters is 1. The van der Waals surface area contributed by atoms with E-state index >= 15 is 0 Å². The summed E-state index contributed by atoms with van der Waals surface area (Å²) in [5, 5.41) is 3.52. The fourth-order valence-corrected chi connectivity index (χ4v) is 3.91. The summed E-state index contributed by atoms with van der Waals surface area (Å²) >= 11 is 0. The second-order valence-corrected chi connectivity index (χ2v) is 6.62. The Morgan fingerprint density at radius 1 is 1.12 bits per heavy atom. The second-order valence-electron chi connectivity index (χ2n) is 6.62. The SMILES string of the molecule is O=C1OC[C@@H](c2ccccc2)N[C@@]12CCCCc1ccc(F)cc12. The minimum absolute atomic E-state index is 0.0851. The van der Waals surface area contributed by atoms with Crippen LogP contribution in [-0.2, 0) is 21.5 Å². The monoisotopic (exact) mass is 325 g/mol. The van der Waals surface area contributed by atoms with Crippen molar-refractivity contribution in [1.82, 2.24) is 5.32 Å². The molecule has 2 aromatic rings. The molecule has 124 valence electrons. The van der Waals surface area contributed by atoms with Crippen LogP contribution in [0, 0.1) is 5.82 Å². The standard InChI is InChI=1S/C20H20FNO2/c21-16-10-9-14-6-4-5-11-20(17(14)12-16)19(23)24-13-18(22-20)15-7-2-1-3-8-15/h1-3,7-10,12,18,22H,4-6,11,13H2/t18-,20+/m0/s1. The first-order valence-corrected chi connectivity index (χ1v) is 8.48. The number of morpholine rings is 1. The van der Waals surface area contributed by atoms with Gasteiger partial charge in [-0.3, -0.25) is 5.32 Å². The summed E-state index contributed by atoms with van der Waals surface area (Å²) in [5.74, 6) is -0.602. The maximum Gasteiger partial charge on any atom is 0.331 e. The van der Waals surface area contributed by atoms with Gasteiger partial charge in [-0.1, -0.05) is 42.8 Å². The van der Waals surface area contributed by atoms with Gasteiger partial charge in [-0.25, -0.2) is 9.18 Å². The van der Waals surface area contributed by atoms with Crippen LogP contribution in [0.1, 0.15) is 42.0 Å². The van der Waals surface area contributed by atoms with Gasteiger partial charge in [0.25, 0.3) is 0 Å². The zero-order chi connectivity index (χ0) is 16.6. The molecule has 0 aromatic heterocycles. The molecule has 1 fully saturated rings. The van der Waals surface area contributed by atoms with E-state index in [1.807, 2.05) is 30.3 Å². The molecule has 0 bridgehead atoms. The predicted molar refractivity (Wildman–Crippen MR) is 88.9 cm³/mol. The third kappa shape index (κ3) is 2.51. The van der Waals surface area contributed by atoms with Crippen molar-refractivity contribution in [3.63, 3.8) is 0 Å². The first kappa shape index (κ1) is 15.3. The molecule has 1 N–H and O–H groups in total. The maximum atomic E-state index is 13.9. The summed E-state index contributed by atoms with van der Waals surface area (Å²) in [6, 6.07) is 14.6. The number of ether oxygens (including phenoxy) is 1. The van der Waals surface area contributed by atoms with Gasteiger partial charge in [0.2, 0.25) is 0 Å². The topological polar surface area (TPSA) is 38.3 Å². The molecule has 1 spiro atoms. The smallest absolute Gasteiger partial charge is 0.331 e. The highest BCUT2D eigenvalue weighted by atomic mass is 19.1. The van der Waals surface area contributed by atoms with Gasteiger partial charge in [0.15, 0.2) is 0 Å². The van der Waals surface area contributed by atoms with Gasteiger partial charge < -0.3 is 4.74 Å². The fraction of sp³-hybridized carbons (Fsp3) is 0.350. The number of hydrogen-bond acceptors (Lipinski definition) is 3. The van der Waals surface area contributed by atoms with Crippen molar-refractivity contribution in [3.8, 4) is 0 Å². The first-order valence-electron chi connectivity index (χ1n) is 8.48. The summed E-state index contributed by atoms with van der Waals surface area (Å²) in [6.45, 7) is 0.301. The molecule has 4 heteroatoms. The van der Waals surface area contributed by atoms with Gasteiger partial charge >= 0.3 is 5.97 Å². The average Bonchev–Trinajstić information content (AvgIpc) is 2.79. The molecule has 2 aliphatic rings. The number of nitrogens with one attached hydrogen (secondary N) is 1. The highest BCUT2D eigenvalue weighted by molar-refractivity contribution is 5.84. The molecule has 2 aromatic carbocycles. The Bertz CT molecular complexity index is 761. The number of carbonyl (C=O) groups is 1. The Kier molecular flexibility index (Phi) is 3.85. The molecule has 0 saturated carbocycles. The summed E-state index contributed by atoms with van der Waals surface area (Å²) in [6.07, 6.45) is 3.39. The van der Waals surface area contributed by atoms with Crippen LogP contribution in [0.3, 0.4) is 0 Å². The van der Waals surface area contributed by atoms with Crippen LogP contribution >= 0.6 is 0 Å². The summed E-state index contributed by atoms with van der Waals surface area (Å²) < 4.78 is 19.5. The molecule has 1 heterocycles. The molecular weight excluding hydrogens is 305 g/mol. The third-order valence-corrected chi connectivity index (χ3v) is 5.13. The van der Waals surface area contributed by atoms with Crippen LogP contribution in [0.2, 0.25) is 0 Å². The molecule has 1 aliphatic carbocycles. The van der Waals surface area contributed by atoms with Crippen molar-refractivity contribution in [2.75, 3.05) is 6.61 Å². The van der Waals surface area contributed by atoms with Gasteiger partial charge in [0, 0.05) is 0 Å². The number of benzene rings is 2. The summed E-state index contributed by atoms with van der Waals surface area (Å²) in [4.78, 5) is 12.8. The van der Waals surface area contributed by atoms with Crippen LogP contribution in [0.4, 0.5) is 4.39 Å². The van der Waals surface area contributed by atoms with Gasteiger partial charge in [-0.15, -0.1) is 0 Å². The van der Waals surface area contributed by atoms with Crippen LogP contribution in [0.5, 0.6) is 0 Å². The lowest BCUT2D eigenvalue weighted by molar-refractivity contribution is -0.160. The first-order chi connectivity index (χ1) is 11.7. The van der Waals surface area contributed by atoms with E-state index in [4.69, 9.17) is 4.74 Å². The van der Waals surface area contributed by atoms with E-state index in [2.05, 4.69) is 5.32 Å². The number of rotatable bonds is 1. The Morgan fingerprint density at radius 2 is 1.96 bits per heavy atom. The van der Waals surface area contributed by atoms with Crippen molar-refractivity contribution in [2.24, 2.45) is 0 Å². The fourth-order valence-electron chi connectivity index (χ4n) is 3.91. The Labute approximate surface area is 140 Å². The van der Waals surface area contributed by atoms with Crippen LogP contribution in [0.15, 0.2) is 48.5 Å². The Balaban J connectivity index is 1.79. The predicted octanol–water partition coefficient (Wildman–Crippen LogP) is 3.64. The van der Waals surface area contributed by atoms with Crippen molar-refractivity contribution in [1.29, 1.82) is 0 Å². The number of hydrogen-bond donors (Lipinski definition) is 1. The van der Waals surface area contributed by atoms with Crippen LogP contribution < -0.4 is 5.32 Å². The van der Waals surface area contributed by atoms with Crippen LogP contribution in [0.25, 0.3) is 0 Å². The minimum Gasteiger partial charge on any atom is -0.462 e. The minimum atomic E-state index is -0.952. The molecule has 2 atom stereocenters. The van der Waals surface area contributed by atoms with E-state index in [0.29, 0.717) is 13.0 Å². The van der Waals surface area contributed by atoms with Crippen molar-refractivity contribution < 1.29 is 13.9 Å².